The van der Waals surface area contributed by atoms with E-state index >= 15 is 0 Å². The quantitative estimate of drug-likeness (QED) is 0.756. The highest BCUT2D eigenvalue weighted by molar-refractivity contribution is 5.76. The third-order valence-corrected chi connectivity index (χ3v) is 3.83. The summed E-state index contributed by atoms with van der Waals surface area (Å²) in [5, 5.41) is 2.89. The first-order valence-corrected chi connectivity index (χ1v) is 8.18. The second-order valence-corrected chi connectivity index (χ2v) is 5.82. The lowest BCUT2D eigenvalue weighted by molar-refractivity contribution is -0.121. The molecule has 0 unspecified atom stereocenters. The van der Waals surface area contributed by atoms with Gasteiger partial charge in [0.15, 0.2) is 0 Å². The Kier molecular flexibility index (Phi) is 6.67. The zero-order valence-corrected chi connectivity index (χ0v) is 14.6. The van der Waals surface area contributed by atoms with Crippen molar-refractivity contribution < 1.29 is 14.3 Å². The largest absolute Gasteiger partial charge is 0.497 e. The van der Waals surface area contributed by atoms with E-state index < -0.39 is 0 Å². The topological polar surface area (TPSA) is 47.6 Å². The summed E-state index contributed by atoms with van der Waals surface area (Å²) in [5.74, 6) is 1.74. The third-order valence-electron chi connectivity index (χ3n) is 3.83. The van der Waals surface area contributed by atoms with Crippen molar-refractivity contribution in [1.29, 1.82) is 0 Å². The number of methoxy groups -OCH3 is 1. The van der Waals surface area contributed by atoms with Crippen LogP contribution in [0.4, 0.5) is 0 Å². The fraction of sp³-hybridized carbons (Fsp3) is 0.350. The first-order valence-electron chi connectivity index (χ1n) is 8.18. The molecule has 24 heavy (non-hydrogen) atoms. The van der Waals surface area contributed by atoms with Crippen LogP contribution in [-0.4, -0.2) is 26.2 Å². The van der Waals surface area contributed by atoms with Crippen LogP contribution in [0.15, 0.2) is 42.5 Å². The number of carbonyl (C=O) groups is 1. The SMILES string of the molecule is COc1ccc(CCC(=O)NCCOc2cc(C)ccc2C)cc1. The number of amides is 1. The highest BCUT2D eigenvalue weighted by atomic mass is 16.5. The van der Waals surface area contributed by atoms with Crippen LogP contribution in [0, 0.1) is 13.8 Å². The summed E-state index contributed by atoms with van der Waals surface area (Å²) < 4.78 is 10.8. The van der Waals surface area contributed by atoms with Crippen LogP contribution in [0.25, 0.3) is 0 Å². The normalized spacial score (nSPS) is 10.3. The number of carbonyl (C=O) groups excluding carboxylic acids is 1. The van der Waals surface area contributed by atoms with Crippen molar-refractivity contribution in [2.75, 3.05) is 20.3 Å². The Balaban J connectivity index is 1.66. The Morgan fingerprint density at radius 2 is 1.83 bits per heavy atom. The summed E-state index contributed by atoms with van der Waals surface area (Å²) >= 11 is 0. The van der Waals surface area contributed by atoms with Crippen molar-refractivity contribution >= 4 is 5.91 Å². The van der Waals surface area contributed by atoms with Gasteiger partial charge in [0.25, 0.3) is 0 Å². The second-order valence-electron chi connectivity index (χ2n) is 5.82. The van der Waals surface area contributed by atoms with Crippen LogP contribution in [0.5, 0.6) is 11.5 Å². The highest BCUT2D eigenvalue weighted by Gasteiger charge is 2.04. The van der Waals surface area contributed by atoms with Gasteiger partial charge in [0.05, 0.1) is 13.7 Å². The monoisotopic (exact) mass is 327 g/mol. The minimum atomic E-state index is 0.0374. The molecule has 2 aromatic rings. The Labute approximate surface area is 143 Å². The summed E-state index contributed by atoms with van der Waals surface area (Å²) in [4.78, 5) is 11.9. The van der Waals surface area contributed by atoms with E-state index in [1.807, 2.05) is 50.2 Å². The van der Waals surface area contributed by atoms with E-state index in [-0.39, 0.29) is 5.91 Å². The maximum Gasteiger partial charge on any atom is 0.220 e. The molecule has 0 bridgehead atoms. The maximum absolute atomic E-state index is 11.9. The van der Waals surface area contributed by atoms with Crippen molar-refractivity contribution in [1.82, 2.24) is 5.32 Å². The average molecular weight is 327 g/mol. The molecule has 1 N–H and O–H groups in total. The lowest BCUT2D eigenvalue weighted by Gasteiger charge is -2.11. The molecule has 128 valence electrons. The van der Waals surface area contributed by atoms with Crippen LogP contribution < -0.4 is 14.8 Å². The van der Waals surface area contributed by atoms with E-state index in [9.17, 15) is 4.79 Å². The van der Waals surface area contributed by atoms with Gasteiger partial charge in [0.1, 0.15) is 18.1 Å². The number of benzene rings is 2. The summed E-state index contributed by atoms with van der Waals surface area (Å²) in [6.45, 7) is 5.03. The van der Waals surface area contributed by atoms with Crippen molar-refractivity contribution in [2.45, 2.75) is 26.7 Å². The second kappa shape index (κ2) is 8.96. The molecule has 0 spiro atoms. The number of aryl methyl sites for hydroxylation is 3. The van der Waals surface area contributed by atoms with E-state index in [0.29, 0.717) is 26.0 Å². The number of hydrogen-bond acceptors (Lipinski definition) is 3. The predicted molar refractivity (Wildman–Crippen MR) is 95.7 cm³/mol. The Bertz CT molecular complexity index is 665. The zero-order valence-electron chi connectivity index (χ0n) is 14.6. The van der Waals surface area contributed by atoms with Crippen LogP contribution in [0.1, 0.15) is 23.1 Å². The van der Waals surface area contributed by atoms with E-state index in [1.54, 1.807) is 7.11 Å². The summed E-state index contributed by atoms with van der Waals surface area (Å²) in [7, 11) is 1.64. The number of nitrogens with one attached hydrogen (secondary N) is 1. The zero-order chi connectivity index (χ0) is 17.4. The van der Waals surface area contributed by atoms with Crippen LogP contribution >= 0.6 is 0 Å². The van der Waals surface area contributed by atoms with Crippen molar-refractivity contribution in [3.05, 3.63) is 59.2 Å². The van der Waals surface area contributed by atoms with Crippen LogP contribution in [0.2, 0.25) is 0 Å². The number of rotatable bonds is 8. The van der Waals surface area contributed by atoms with Gasteiger partial charge >= 0.3 is 0 Å². The molecule has 0 aliphatic heterocycles. The van der Waals surface area contributed by atoms with Gasteiger partial charge in [0, 0.05) is 6.42 Å². The number of ether oxygens (including phenoxy) is 2. The lowest BCUT2D eigenvalue weighted by Crippen LogP contribution is -2.28. The van der Waals surface area contributed by atoms with Crippen LogP contribution in [-0.2, 0) is 11.2 Å². The molecule has 0 fully saturated rings. The fourth-order valence-corrected chi connectivity index (χ4v) is 2.35. The van der Waals surface area contributed by atoms with E-state index in [1.165, 1.54) is 5.56 Å². The Morgan fingerprint density at radius 1 is 1.08 bits per heavy atom. The molecule has 2 rings (SSSR count). The van der Waals surface area contributed by atoms with E-state index in [0.717, 1.165) is 22.6 Å². The summed E-state index contributed by atoms with van der Waals surface area (Å²) in [6.07, 6.45) is 1.18. The average Bonchev–Trinajstić information content (AvgIpc) is 2.60. The molecule has 0 saturated carbocycles. The predicted octanol–water partition coefficient (Wildman–Crippen LogP) is 3.44. The molecule has 4 heteroatoms. The highest BCUT2D eigenvalue weighted by Crippen LogP contribution is 2.18. The minimum absolute atomic E-state index is 0.0374. The van der Waals surface area contributed by atoms with Crippen molar-refractivity contribution in [2.24, 2.45) is 0 Å². The summed E-state index contributed by atoms with van der Waals surface area (Å²) in [5.41, 5.74) is 3.39. The van der Waals surface area contributed by atoms with Gasteiger partial charge in [-0.05, 0) is 55.2 Å². The Morgan fingerprint density at radius 3 is 2.54 bits per heavy atom. The first-order chi connectivity index (χ1) is 11.6. The molecule has 0 atom stereocenters. The van der Waals surface area contributed by atoms with Crippen molar-refractivity contribution in [3.8, 4) is 11.5 Å². The van der Waals surface area contributed by atoms with Gasteiger partial charge in [0.2, 0.25) is 5.91 Å². The fourth-order valence-electron chi connectivity index (χ4n) is 2.35. The summed E-state index contributed by atoms with van der Waals surface area (Å²) in [6, 6.07) is 13.9. The van der Waals surface area contributed by atoms with E-state index in [2.05, 4.69) is 11.4 Å². The van der Waals surface area contributed by atoms with Gasteiger partial charge in [-0.15, -0.1) is 0 Å². The molecule has 0 saturated heterocycles. The molecule has 1 amide bonds. The molecule has 0 aromatic heterocycles. The molecule has 0 aliphatic rings. The van der Waals surface area contributed by atoms with Gasteiger partial charge in [-0.1, -0.05) is 24.3 Å². The molecular weight excluding hydrogens is 302 g/mol. The molecular formula is C20H25NO3. The van der Waals surface area contributed by atoms with Gasteiger partial charge in [-0.3, -0.25) is 4.79 Å². The molecule has 4 nitrogen and oxygen atoms in total. The molecule has 2 aromatic carbocycles. The smallest absolute Gasteiger partial charge is 0.220 e. The van der Waals surface area contributed by atoms with Gasteiger partial charge in [-0.25, -0.2) is 0 Å². The first kappa shape index (κ1) is 17.9. The van der Waals surface area contributed by atoms with Crippen molar-refractivity contribution in [3.63, 3.8) is 0 Å². The van der Waals surface area contributed by atoms with Gasteiger partial charge in [-0.2, -0.15) is 0 Å². The third kappa shape index (κ3) is 5.61. The minimum Gasteiger partial charge on any atom is -0.497 e. The van der Waals surface area contributed by atoms with Crippen LogP contribution in [0.3, 0.4) is 0 Å². The molecule has 0 heterocycles. The standard InChI is InChI=1S/C20H25NO3/c1-15-4-5-16(2)19(14-15)24-13-12-21-20(22)11-8-17-6-9-18(23-3)10-7-17/h4-7,9-10,14H,8,11-13H2,1-3H3,(H,21,22). The van der Waals surface area contributed by atoms with Gasteiger partial charge < -0.3 is 14.8 Å². The molecule has 0 radical (unpaired) electrons. The molecule has 0 aliphatic carbocycles. The Hall–Kier alpha value is -2.49. The van der Waals surface area contributed by atoms with E-state index in [4.69, 9.17) is 9.47 Å². The number of hydrogen-bond donors (Lipinski definition) is 1. The lowest BCUT2D eigenvalue weighted by atomic mass is 10.1. The maximum atomic E-state index is 11.9.